The lowest BCUT2D eigenvalue weighted by atomic mass is 10.2. The lowest BCUT2D eigenvalue weighted by Gasteiger charge is -2.10. The molecule has 112 valence electrons. The third kappa shape index (κ3) is 2.65. The van der Waals surface area contributed by atoms with Crippen LogP contribution in [0, 0.1) is 0 Å². The molecular formula is C15H11F3N4. The van der Waals surface area contributed by atoms with Crippen molar-refractivity contribution >= 4 is 5.95 Å². The Kier molecular flexibility index (Phi) is 3.32. The molecule has 2 N–H and O–H groups in total. The smallest absolute Gasteiger partial charge is 0.366 e. The largest absolute Gasteiger partial charge is 0.416 e. The highest BCUT2D eigenvalue weighted by Gasteiger charge is 2.30. The van der Waals surface area contributed by atoms with E-state index in [1.165, 1.54) is 16.8 Å². The summed E-state index contributed by atoms with van der Waals surface area (Å²) in [5.74, 6) is 0.383. The third-order valence-electron chi connectivity index (χ3n) is 3.07. The number of alkyl halides is 3. The zero-order valence-electron chi connectivity index (χ0n) is 11.2. The molecule has 0 fully saturated rings. The number of anilines is 1. The minimum atomic E-state index is -4.42. The van der Waals surface area contributed by atoms with Gasteiger partial charge in [-0.15, -0.1) is 5.10 Å². The van der Waals surface area contributed by atoms with Crippen molar-refractivity contribution in [3.63, 3.8) is 0 Å². The maximum Gasteiger partial charge on any atom is 0.416 e. The Balaban J connectivity index is 2.14. The Morgan fingerprint density at radius 1 is 0.955 bits per heavy atom. The highest BCUT2D eigenvalue weighted by atomic mass is 19.4. The number of hydrogen-bond donors (Lipinski definition) is 1. The van der Waals surface area contributed by atoms with Crippen molar-refractivity contribution in [2.75, 3.05) is 5.73 Å². The molecule has 1 heterocycles. The van der Waals surface area contributed by atoms with E-state index in [4.69, 9.17) is 5.73 Å². The molecule has 3 rings (SSSR count). The number of aromatic nitrogens is 3. The quantitative estimate of drug-likeness (QED) is 0.788. The van der Waals surface area contributed by atoms with Gasteiger partial charge in [0.15, 0.2) is 5.82 Å². The average molecular weight is 304 g/mol. The van der Waals surface area contributed by atoms with Crippen LogP contribution < -0.4 is 5.73 Å². The van der Waals surface area contributed by atoms with Crippen molar-refractivity contribution in [2.45, 2.75) is 6.18 Å². The summed E-state index contributed by atoms with van der Waals surface area (Å²) in [5, 5.41) is 4.00. The van der Waals surface area contributed by atoms with Crippen molar-refractivity contribution < 1.29 is 13.2 Å². The van der Waals surface area contributed by atoms with E-state index in [1.54, 1.807) is 24.3 Å². The van der Waals surface area contributed by atoms with Gasteiger partial charge < -0.3 is 5.73 Å². The van der Waals surface area contributed by atoms with E-state index in [9.17, 15) is 13.2 Å². The van der Waals surface area contributed by atoms with Crippen LogP contribution in [0.4, 0.5) is 19.1 Å². The first-order valence-electron chi connectivity index (χ1n) is 6.41. The molecule has 0 atom stereocenters. The van der Waals surface area contributed by atoms with Gasteiger partial charge in [-0.05, 0) is 18.2 Å². The second-order valence-electron chi connectivity index (χ2n) is 4.62. The van der Waals surface area contributed by atoms with Crippen LogP contribution in [0.15, 0.2) is 54.6 Å². The van der Waals surface area contributed by atoms with Gasteiger partial charge in [-0.1, -0.05) is 36.4 Å². The fraction of sp³-hybridized carbons (Fsp3) is 0.0667. The first-order valence-corrected chi connectivity index (χ1v) is 6.41. The van der Waals surface area contributed by atoms with Crippen LogP contribution in [0.25, 0.3) is 17.1 Å². The first kappa shape index (κ1) is 14.1. The number of nitrogen functional groups attached to an aromatic ring is 1. The standard InChI is InChI=1S/C15H11F3N4/c16-15(17,18)11-7-4-8-12(9-11)22-13(20-14(19)21-22)10-5-2-1-3-6-10/h1-9H,(H2,19,21). The van der Waals surface area contributed by atoms with Crippen LogP contribution in [0.3, 0.4) is 0 Å². The molecule has 1 aromatic heterocycles. The summed E-state index contributed by atoms with van der Waals surface area (Å²) in [6, 6.07) is 13.9. The zero-order valence-corrected chi connectivity index (χ0v) is 11.2. The summed E-state index contributed by atoms with van der Waals surface area (Å²) < 4.78 is 39.8. The van der Waals surface area contributed by atoms with Crippen molar-refractivity contribution in [3.8, 4) is 17.1 Å². The fourth-order valence-corrected chi connectivity index (χ4v) is 2.10. The van der Waals surface area contributed by atoms with Crippen molar-refractivity contribution in [1.82, 2.24) is 14.8 Å². The summed E-state index contributed by atoms with van der Waals surface area (Å²) in [7, 11) is 0. The van der Waals surface area contributed by atoms with Gasteiger partial charge in [-0.3, -0.25) is 0 Å². The topological polar surface area (TPSA) is 56.7 Å². The molecular weight excluding hydrogens is 293 g/mol. The molecule has 2 aromatic carbocycles. The summed E-state index contributed by atoms with van der Waals surface area (Å²) >= 11 is 0. The molecule has 4 nitrogen and oxygen atoms in total. The molecule has 0 aliphatic carbocycles. The number of halogens is 3. The van der Waals surface area contributed by atoms with Crippen molar-refractivity contribution in [1.29, 1.82) is 0 Å². The summed E-state index contributed by atoms with van der Waals surface area (Å²) in [5.41, 5.74) is 5.82. The monoisotopic (exact) mass is 304 g/mol. The van der Waals surface area contributed by atoms with E-state index in [0.717, 1.165) is 12.1 Å². The van der Waals surface area contributed by atoms with E-state index in [1.807, 2.05) is 6.07 Å². The Morgan fingerprint density at radius 2 is 1.68 bits per heavy atom. The van der Waals surface area contributed by atoms with E-state index in [0.29, 0.717) is 11.4 Å². The second kappa shape index (κ2) is 5.18. The molecule has 0 saturated heterocycles. The predicted molar refractivity (Wildman–Crippen MR) is 76.2 cm³/mol. The molecule has 0 radical (unpaired) electrons. The SMILES string of the molecule is Nc1nc(-c2ccccc2)n(-c2cccc(C(F)(F)F)c2)n1. The van der Waals surface area contributed by atoms with E-state index in [-0.39, 0.29) is 11.6 Å². The normalized spacial score (nSPS) is 11.6. The Bertz CT molecular complexity index is 794. The second-order valence-corrected chi connectivity index (χ2v) is 4.62. The lowest BCUT2D eigenvalue weighted by Crippen LogP contribution is -2.07. The number of nitrogens with zero attached hydrogens (tertiary/aromatic N) is 3. The molecule has 3 aromatic rings. The van der Waals surface area contributed by atoms with Crippen LogP contribution >= 0.6 is 0 Å². The Labute approximate surface area is 124 Å². The molecule has 0 amide bonds. The molecule has 0 unspecified atom stereocenters. The average Bonchev–Trinajstić information content (AvgIpc) is 2.89. The van der Waals surface area contributed by atoms with E-state index < -0.39 is 11.7 Å². The Hall–Kier alpha value is -2.83. The fourth-order valence-electron chi connectivity index (χ4n) is 2.10. The minimum Gasteiger partial charge on any atom is -0.366 e. The van der Waals surface area contributed by atoms with Gasteiger partial charge >= 0.3 is 6.18 Å². The molecule has 0 aliphatic heterocycles. The summed E-state index contributed by atoms with van der Waals surface area (Å²) in [6.45, 7) is 0. The van der Waals surface area contributed by atoms with Gasteiger partial charge in [-0.2, -0.15) is 18.2 Å². The minimum absolute atomic E-state index is 0.00346. The highest BCUT2D eigenvalue weighted by molar-refractivity contribution is 5.59. The molecule has 0 bridgehead atoms. The summed E-state index contributed by atoms with van der Waals surface area (Å²) in [4.78, 5) is 4.10. The van der Waals surface area contributed by atoms with Crippen LogP contribution in [-0.4, -0.2) is 14.8 Å². The number of benzene rings is 2. The van der Waals surface area contributed by atoms with E-state index in [2.05, 4.69) is 10.1 Å². The highest BCUT2D eigenvalue weighted by Crippen LogP contribution is 2.31. The number of hydrogen-bond acceptors (Lipinski definition) is 3. The maximum absolute atomic E-state index is 12.8. The maximum atomic E-state index is 12.8. The summed E-state index contributed by atoms with van der Waals surface area (Å²) in [6.07, 6.45) is -4.42. The van der Waals surface area contributed by atoms with Gasteiger partial charge in [0.1, 0.15) is 0 Å². The van der Waals surface area contributed by atoms with Gasteiger partial charge in [0.2, 0.25) is 5.95 Å². The van der Waals surface area contributed by atoms with Gasteiger partial charge in [0.25, 0.3) is 0 Å². The number of rotatable bonds is 2. The van der Waals surface area contributed by atoms with Crippen molar-refractivity contribution in [3.05, 3.63) is 60.2 Å². The zero-order chi connectivity index (χ0) is 15.7. The number of nitrogens with two attached hydrogens (primary N) is 1. The van der Waals surface area contributed by atoms with Crippen LogP contribution in [0.2, 0.25) is 0 Å². The van der Waals surface area contributed by atoms with Crippen LogP contribution in [0.5, 0.6) is 0 Å². The third-order valence-corrected chi connectivity index (χ3v) is 3.07. The predicted octanol–water partition coefficient (Wildman–Crippen LogP) is 3.54. The van der Waals surface area contributed by atoms with Gasteiger partial charge in [0.05, 0.1) is 11.3 Å². The lowest BCUT2D eigenvalue weighted by molar-refractivity contribution is -0.137. The molecule has 22 heavy (non-hydrogen) atoms. The molecule has 0 saturated carbocycles. The molecule has 0 spiro atoms. The first-order chi connectivity index (χ1) is 10.4. The van der Waals surface area contributed by atoms with Gasteiger partial charge in [0, 0.05) is 5.56 Å². The van der Waals surface area contributed by atoms with Crippen molar-refractivity contribution in [2.24, 2.45) is 0 Å². The molecule has 0 aliphatic rings. The van der Waals surface area contributed by atoms with Crippen LogP contribution in [-0.2, 0) is 6.18 Å². The van der Waals surface area contributed by atoms with Gasteiger partial charge in [-0.25, -0.2) is 4.68 Å². The van der Waals surface area contributed by atoms with E-state index >= 15 is 0 Å². The molecule has 7 heteroatoms. The van der Waals surface area contributed by atoms with Crippen LogP contribution in [0.1, 0.15) is 5.56 Å². The Morgan fingerprint density at radius 3 is 2.36 bits per heavy atom.